The Kier molecular flexibility index (Phi) is 11.8. The van der Waals surface area contributed by atoms with E-state index >= 15 is 0 Å². The summed E-state index contributed by atoms with van der Waals surface area (Å²) in [4.78, 5) is 16.5. The number of alkyl carbamates (subject to hydrolysis) is 1. The molecule has 2 N–H and O–H groups in total. The Hall–Kier alpha value is -2.96. The largest absolute Gasteiger partial charge is 0.457 e. The molecule has 0 bridgehead atoms. The van der Waals surface area contributed by atoms with E-state index in [1.807, 2.05) is 32.9 Å². The van der Waals surface area contributed by atoms with E-state index in [1.54, 1.807) is 44.2 Å². The molecule has 3 rings (SSSR count). The molecule has 1 fully saturated rings. The number of aliphatic imine (C=N–C) groups is 1. The fraction of sp³-hybridized carbons (Fsp3) is 0.588. The summed E-state index contributed by atoms with van der Waals surface area (Å²) in [6.45, 7) is 20.4. The van der Waals surface area contributed by atoms with E-state index in [-0.39, 0.29) is 11.1 Å². The lowest BCUT2D eigenvalue weighted by atomic mass is 9.96. The lowest BCUT2D eigenvalue weighted by Gasteiger charge is -2.39. The van der Waals surface area contributed by atoms with Gasteiger partial charge < -0.3 is 19.2 Å². The number of sulfonamides is 1. The van der Waals surface area contributed by atoms with Crippen molar-refractivity contribution in [3.63, 3.8) is 0 Å². The number of aryl methyl sites for hydroxylation is 1. The first kappa shape index (κ1) is 37.5. The highest BCUT2D eigenvalue weighted by Crippen LogP contribution is 2.40. The molecule has 0 radical (unpaired) electrons. The molecule has 0 spiro atoms. The Labute approximate surface area is 275 Å². The van der Waals surface area contributed by atoms with Crippen molar-refractivity contribution in [2.24, 2.45) is 4.99 Å². The van der Waals surface area contributed by atoms with Crippen molar-refractivity contribution in [3.8, 4) is 0 Å². The van der Waals surface area contributed by atoms with Gasteiger partial charge in [-0.25, -0.2) is 27.3 Å². The van der Waals surface area contributed by atoms with Crippen LogP contribution in [0.15, 0.2) is 53.5 Å². The molecule has 256 valence electrons. The van der Waals surface area contributed by atoms with Gasteiger partial charge in [-0.2, -0.15) is 0 Å². The first-order valence-corrected chi connectivity index (χ1v) is 20.3. The number of halogens is 1. The molecule has 1 saturated heterocycles. The minimum atomic E-state index is -3.98. The summed E-state index contributed by atoms with van der Waals surface area (Å²) in [6, 6.07) is 12.8. The third-order valence-corrected chi connectivity index (χ3v) is 14.8. The minimum Gasteiger partial charge on any atom is -0.457 e. The number of carbonyl (C=O) groups excluding carboxylic acids is 1. The Balaban J connectivity index is 1.74. The molecule has 1 amide bonds. The van der Waals surface area contributed by atoms with Gasteiger partial charge in [-0.1, -0.05) is 63.2 Å². The summed E-state index contributed by atoms with van der Waals surface area (Å²) in [5.74, 6) is -0.430. The number of nitrogens with one attached hydrogen (secondary N) is 2. The molecule has 1 aliphatic rings. The summed E-state index contributed by atoms with van der Waals surface area (Å²) >= 11 is 0. The van der Waals surface area contributed by atoms with Gasteiger partial charge in [0.05, 0.1) is 6.04 Å². The van der Waals surface area contributed by atoms with Crippen LogP contribution in [0.2, 0.25) is 18.1 Å². The van der Waals surface area contributed by atoms with E-state index in [1.165, 1.54) is 6.07 Å². The van der Waals surface area contributed by atoms with Crippen molar-refractivity contribution in [2.75, 3.05) is 13.2 Å². The van der Waals surface area contributed by atoms with Crippen LogP contribution >= 0.6 is 0 Å². The standard InChI is InChI=1S/C34H52FN3O6SSi/c1-32(2,3)44-31(39)36-22-13-14-24-17-19-25(20-18-24)29-34(7,8)43-30(38-45(29,40)41)37-28(26-15-11-12-16-27(26)35)21-23-42-46(9,10)33(4,5)6/h11-12,15-20,28-29H,13-14,21-23H2,1-10H3,(H,36,39)(H,37,38). The number of hydrogen-bond acceptors (Lipinski definition) is 7. The van der Waals surface area contributed by atoms with Crippen LogP contribution in [0.4, 0.5) is 9.18 Å². The average molecular weight is 678 g/mol. The van der Waals surface area contributed by atoms with Crippen molar-refractivity contribution < 1.29 is 31.5 Å². The number of benzene rings is 2. The van der Waals surface area contributed by atoms with E-state index in [0.29, 0.717) is 43.5 Å². The Morgan fingerprint density at radius 1 is 1.09 bits per heavy atom. The van der Waals surface area contributed by atoms with Gasteiger partial charge in [0.2, 0.25) is 10.0 Å². The summed E-state index contributed by atoms with van der Waals surface area (Å²) in [7, 11) is -6.04. The average Bonchev–Trinajstić information content (AvgIpc) is 2.88. The molecular weight excluding hydrogens is 626 g/mol. The van der Waals surface area contributed by atoms with Crippen LogP contribution in [0, 0.1) is 5.82 Å². The van der Waals surface area contributed by atoms with Crippen LogP contribution in [-0.4, -0.2) is 53.2 Å². The van der Waals surface area contributed by atoms with Gasteiger partial charge in [-0.3, -0.25) is 0 Å². The molecule has 2 atom stereocenters. The van der Waals surface area contributed by atoms with Crippen LogP contribution < -0.4 is 10.0 Å². The molecule has 12 heteroatoms. The molecule has 2 aromatic rings. The predicted octanol–water partition coefficient (Wildman–Crippen LogP) is 7.56. The number of amides is 1. The maximum Gasteiger partial charge on any atom is 0.407 e. The van der Waals surface area contributed by atoms with Crippen LogP contribution in [0.5, 0.6) is 0 Å². The molecule has 2 unspecified atom stereocenters. The quantitative estimate of drug-likeness (QED) is 0.187. The lowest BCUT2D eigenvalue weighted by Crippen LogP contribution is -2.53. The molecule has 1 aliphatic heterocycles. The molecule has 0 saturated carbocycles. The Morgan fingerprint density at radius 3 is 2.28 bits per heavy atom. The first-order chi connectivity index (χ1) is 21.1. The molecule has 2 aromatic carbocycles. The summed E-state index contributed by atoms with van der Waals surface area (Å²) in [5.41, 5.74) is 0.178. The third-order valence-electron chi connectivity index (χ3n) is 8.32. The van der Waals surface area contributed by atoms with Crippen LogP contribution in [0.3, 0.4) is 0 Å². The second-order valence-electron chi connectivity index (χ2n) is 14.9. The van der Waals surface area contributed by atoms with Crippen LogP contribution in [0.25, 0.3) is 0 Å². The molecular formula is C34H52FN3O6SSi. The maximum absolute atomic E-state index is 15.0. The van der Waals surface area contributed by atoms with Crippen molar-refractivity contribution in [3.05, 3.63) is 71.0 Å². The van der Waals surface area contributed by atoms with E-state index < -0.39 is 52.7 Å². The zero-order valence-corrected chi connectivity index (χ0v) is 30.8. The van der Waals surface area contributed by atoms with Gasteiger partial charge in [0.15, 0.2) is 8.32 Å². The van der Waals surface area contributed by atoms with Gasteiger partial charge in [-0.15, -0.1) is 0 Å². The van der Waals surface area contributed by atoms with E-state index in [0.717, 1.165) is 5.56 Å². The number of hydrogen-bond donors (Lipinski definition) is 2. The number of rotatable bonds is 11. The highest BCUT2D eigenvalue weighted by molar-refractivity contribution is 7.90. The topological polar surface area (TPSA) is 115 Å². The predicted molar refractivity (Wildman–Crippen MR) is 183 cm³/mol. The zero-order valence-electron chi connectivity index (χ0n) is 29.0. The molecule has 9 nitrogen and oxygen atoms in total. The van der Waals surface area contributed by atoms with Crippen LogP contribution in [-0.2, 0) is 30.3 Å². The van der Waals surface area contributed by atoms with Gasteiger partial charge in [0.25, 0.3) is 6.02 Å². The SMILES string of the molecule is CC(C)(C)OC(=O)NCCCc1ccc(C2C(C)(C)OC(=NC(CCO[Si](C)(C)C(C)(C)C)c3ccccc3F)NS2(=O)=O)cc1. The molecule has 0 aliphatic carbocycles. The second-order valence-corrected chi connectivity index (χ2v) is 21.5. The normalized spacial score (nSPS) is 19.5. The number of nitrogens with zero attached hydrogens (tertiary/aromatic N) is 1. The zero-order chi connectivity index (χ0) is 34.6. The minimum absolute atomic E-state index is 0.00468. The lowest BCUT2D eigenvalue weighted by molar-refractivity contribution is 0.0527. The van der Waals surface area contributed by atoms with Crippen molar-refractivity contribution >= 4 is 30.5 Å². The fourth-order valence-electron chi connectivity index (χ4n) is 4.99. The summed E-state index contributed by atoms with van der Waals surface area (Å²) in [6.07, 6.45) is 1.28. The van der Waals surface area contributed by atoms with E-state index in [2.05, 4.69) is 48.9 Å². The Bertz CT molecular complexity index is 1480. The summed E-state index contributed by atoms with van der Waals surface area (Å²) in [5, 5.41) is 1.73. The molecule has 1 heterocycles. The smallest absolute Gasteiger partial charge is 0.407 e. The Morgan fingerprint density at radius 2 is 1.72 bits per heavy atom. The van der Waals surface area contributed by atoms with Gasteiger partial charge >= 0.3 is 6.09 Å². The van der Waals surface area contributed by atoms with Crippen LogP contribution in [0.1, 0.15) is 96.2 Å². The highest BCUT2D eigenvalue weighted by atomic mass is 32.2. The highest BCUT2D eigenvalue weighted by Gasteiger charge is 2.48. The number of carbonyl (C=O) groups is 1. The van der Waals surface area contributed by atoms with Crippen molar-refractivity contribution in [1.82, 2.24) is 10.0 Å². The second kappa shape index (κ2) is 14.4. The summed E-state index contributed by atoms with van der Waals surface area (Å²) < 4.78 is 62.6. The third kappa shape index (κ3) is 10.3. The molecule has 46 heavy (non-hydrogen) atoms. The van der Waals surface area contributed by atoms with Gasteiger partial charge in [0.1, 0.15) is 22.3 Å². The maximum atomic E-state index is 15.0. The molecule has 0 aromatic heterocycles. The number of ether oxygens (including phenoxy) is 2. The van der Waals surface area contributed by atoms with Crippen molar-refractivity contribution in [2.45, 2.75) is 115 Å². The van der Waals surface area contributed by atoms with Gasteiger partial charge in [-0.05, 0) is 89.2 Å². The van der Waals surface area contributed by atoms with E-state index in [4.69, 9.17) is 13.9 Å². The fourth-order valence-corrected chi connectivity index (χ4v) is 7.81. The monoisotopic (exact) mass is 677 g/mol. The first-order valence-electron chi connectivity index (χ1n) is 15.8. The van der Waals surface area contributed by atoms with Gasteiger partial charge in [0, 0.05) is 18.7 Å². The number of amidine groups is 1. The van der Waals surface area contributed by atoms with Crippen molar-refractivity contribution in [1.29, 1.82) is 0 Å². The van der Waals surface area contributed by atoms with E-state index in [9.17, 15) is 17.6 Å².